The zero-order chi connectivity index (χ0) is 12.0. The van der Waals surface area contributed by atoms with Gasteiger partial charge in [-0.05, 0) is 12.0 Å². The number of anilines is 1. The first-order chi connectivity index (χ1) is 7.59. The highest BCUT2D eigenvalue weighted by molar-refractivity contribution is 6.32. The van der Waals surface area contributed by atoms with Crippen LogP contribution in [0.15, 0.2) is 12.3 Å². The summed E-state index contributed by atoms with van der Waals surface area (Å²) < 4.78 is 10.7. The molecule has 16 heavy (non-hydrogen) atoms. The van der Waals surface area contributed by atoms with Crippen molar-refractivity contribution in [2.24, 2.45) is 5.92 Å². The summed E-state index contributed by atoms with van der Waals surface area (Å²) in [5.41, 5.74) is 6.03. The predicted octanol–water partition coefficient (Wildman–Crippen LogP) is 2.37. The molecule has 0 amide bonds. The molecule has 0 aromatic carbocycles. The van der Waals surface area contributed by atoms with Crippen LogP contribution < -0.4 is 10.5 Å². The number of hydrogen-bond acceptors (Lipinski definition) is 4. The number of halogens is 1. The molecule has 0 saturated carbocycles. The maximum Gasteiger partial charge on any atom is 0.232 e. The third-order valence-corrected chi connectivity index (χ3v) is 2.02. The van der Waals surface area contributed by atoms with Crippen molar-refractivity contribution in [2.75, 3.05) is 25.6 Å². The van der Waals surface area contributed by atoms with Gasteiger partial charge in [0.1, 0.15) is 11.6 Å². The quantitative estimate of drug-likeness (QED) is 0.781. The van der Waals surface area contributed by atoms with Crippen molar-refractivity contribution in [3.63, 3.8) is 0 Å². The number of nitrogens with two attached hydrogens (primary N) is 1. The van der Waals surface area contributed by atoms with Crippen molar-refractivity contribution in [1.29, 1.82) is 0 Å². The van der Waals surface area contributed by atoms with E-state index in [4.69, 9.17) is 26.8 Å². The first kappa shape index (κ1) is 13.1. The second-order valence-corrected chi connectivity index (χ2v) is 4.28. The number of aromatic nitrogens is 1. The van der Waals surface area contributed by atoms with Crippen molar-refractivity contribution >= 4 is 17.3 Å². The van der Waals surface area contributed by atoms with Crippen LogP contribution in [-0.4, -0.2) is 24.8 Å². The molecule has 0 bridgehead atoms. The molecule has 1 heterocycles. The van der Waals surface area contributed by atoms with Gasteiger partial charge in [-0.3, -0.25) is 0 Å². The Balaban J connectivity index is 2.27. The van der Waals surface area contributed by atoms with Crippen molar-refractivity contribution in [3.8, 4) is 5.88 Å². The van der Waals surface area contributed by atoms with Crippen LogP contribution in [0.25, 0.3) is 0 Å². The second kappa shape index (κ2) is 6.55. The van der Waals surface area contributed by atoms with Crippen LogP contribution in [0, 0.1) is 5.92 Å². The van der Waals surface area contributed by atoms with Crippen LogP contribution in [-0.2, 0) is 4.74 Å². The second-order valence-electron chi connectivity index (χ2n) is 3.87. The minimum absolute atomic E-state index is 0.393. The Morgan fingerprint density at radius 3 is 2.81 bits per heavy atom. The van der Waals surface area contributed by atoms with Gasteiger partial charge in [-0.15, -0.1) is 0 Å². The average Bonchev–Trinajstić information content (AvgIpc) is 2.20. The van der Waals surface area contributed by atoms with E-state index in [1.54, 1.807) is 6.07 Å². The zero-order valence-electron chi connectivity index (χ0n) is 9.57. The Hall–Kier alpha value is -1.00. The lowest BCUT2D eigenvalue weighted by Crippen LogP contribution is -2.11. The third kappa shape index (κ3) is 4.68. The molecule has 0 aliphatic carbocycles. The molecule has 90 valence electrons. The lowest BCUT2D eigenvalue weighted by molar-refractivity contribution is 0.0806. The maximum absolute atomic E-state index is 5.88. The SMILES string of the molecule is CC(C)COCCOc1ncc(N)cc1Cl. The third-order valence-electron chi connectivity index (χ3n) is 1.75. The van der Waals surface area contributed by atoms with Gasteiger partial charge >= 0.3 is 0 Å². The van der Waals surface area contributed by atoms with Gasteiger partial charge in [0.05, 0.1) is 18.5 Å². The number of hydrogen-bond donors (Lipinski definition) is 1. The molecule has 0 aliphatic heterocycles. The minimum atomic E-state index is 0.393. The summed E-state index contributed by atoms with van der Waals surface area (Å²) in [6.07, 6.45) is 1.51. The van der Waals surface area contributed by atoms with Crippen LogP contribution in [0.1, 0.15) is 13.8 Å². The summed E-state index contributed by atoms with van der Waals surface area (Å²) in [5.74, 6) is 0.919. The lowest BCUT2D eigenvalue weighted by atomic mass is 10.2. The van der Waals surface area contributed by atoms with E-state index in [1.807, 2.05) is 0 Å². The molecule has 0 fully saturated rings. The molecule has 5 heteroatoms. The van der Waals surface area contributed by atoms with Crippen LogP contribution in [0.3, 0.4) is 0 Å². The first-order valence-corrected chi connectivity index (χ1v) is 5.59. The molecule has 1 aromatic heterocycles. The standard InChI is InChI=1S/C11H17ClN2O2/c1-8(2)7-15-3-4-16-11-10(12)5-9(13)6-14-11/h5-6,8H,3-4,7,13H2,1-2H3. The molecule has 0 saturated heterocycles. The van der Waals surface area contributed by atoms with Gasteiger partial charge in [0.2, 0.25) is 5.88 Å². The van der Waals surface area contributed by atoms with Gasteiger partial charge < -0.3 is 15.2 Å². The highest BCUT2D eigenvalue weighted by Crippen LogP contribution is 2.22. The van der Waals surface area contributed by atoms with E-state index in [-0.39, 0.29) is 0 Å². The van der Waals surface area contributed by atoms with Gasteiger partial charge in [0, 0.05) is 6.61 Å². The largest absolute Gasteiger partial charge is 0.474 e. The Labute approximate surface area is 101 Å². The van der Waals surface area contributed by atoms with Crippen LogP contribution >= 0.6 is 11.6 Å². The van der Waals surface area contributed by atoms with E-state index in [1.165, 1.54) is 6.20 Å². The molecule has 0 aliphatic rings. The fourth-order valence-electron chi connectivity index (χ4n) is 1.06. The van der Waals surface area contributed by atoms with Gasteiger partial charge in [0.25, 0.3) is 0 Å². The van der Waals surface area contributed by atoms with E-state index in [2.05, 4.69) is 18.8 Å². The summed E-state index contributed by atoms with van der Waals surface area (Å²) in [6, 6.07) is 1.61. The Morgan fingerprint density at radius 1 is 1.44 bits per heavy atom. The summed E-state index contributed by atoms with van der Waals surface area (Å²) in [5, 5.41) is 0.420. The van der Waals surface area contributed by atoms with Gasteiger partial charge in [-0.2, -0.15) is 0 Å². The highest BCUT2D eigenvalue weighted by atomic mass is 35.5. The molecule has 0 unspecified atom stereocenters. The molecular formula is C11H17ClN2O2. The Kier molecular flexibility index (Phi) is 5.35. The minimum Gasteiger partial charge on any atom is -0.474 e. The molecule has 0 atom stereocenters. The van der Waals surface area contributed by atoms with Crippen molar-refractivity contribution in [2.45, 2.75) is 13.8 Å². The summed E-state index contributed by atoms with van der Waals surface area (Å²) in [6.45, 7) is 5.88. The molecule has 4 nitrogen and oxygen atoms in total. The summed E-state index contributed by atoms with van der Waals surface area (Å²) >= 11 is 5.88. The fraction of sp³-hybridized carbons (Fsp3) is 0.545. The molecular weight excluding hydrogens is 228 g/mol. The summed E-state index contributed by atoms with van der Waals surface area (Å²) in [7, 11) is 0. The van der Waals surface area contributed by atoms with Gasteiger partial charge in [-0.1, -0.05) is 25.4 Å². The van der Waals surface area contributed by atoms with Crippen molar-refractivity contribution in [1.82, 2.24) is 4.98 Å². The van der Waals surface area contributed by atoms with E-state index in [9.17, 15) is 0 Å². The molecule has 1 rings (SSSR count). The smallest absolute Gasteiger partial charge is 0.232 e. The Bertz CT molecular complexity index is 332. The number of ether oxygens (including phenoxy) is 2. The van der Waals surface area contributed by atoms with E-state index >= 15 is 0 Å². The molecule has 0 radical (unpaired) electrons. The fourth-order valence-corrected chi connectivity index (χ4v) is 1.29. The number of rotatable bonds is 6. The highest BCUT2D eigenvalue weighted by Gasteiger charge is 2.03. The normalized spacial score (nSPS) is 10.8. The number of nitrogen functional groups attached to an aromatic ring is 1. The summed E-state index contributed by atoms with van der Waals surface area (Å²) in [4.78, 5) is 3.98. The first-order valence-electron chi connectivity index (χ1n) is 5.21. The van der Waals surface area contributed by atoms with Crippen LogP contribution in [0.4, 0.5) is 5.69 Å². The van der Waals surface area contributed by atoms with E-state index in [0.717, 1.165) is 6.61 Å². The lowest BCUT2D eigenvalue weighted by Gasteiger charge is -2.09. The van der Waals surface area contributed by atoms with Gasteiger partial charge in [0.15, 0.2) is 0 Å². The zero-order valence-corrected chi connectivity index (χ0v) is 10.3. The topological polar surface area (TPSA) is 57.4 Å². The monoisotopic (exact) mass is 244 g/mol. The molecule has 0 spiro atoms. The van der Waals surface area contributed by atoms with Gasteiger partial charge in [-0.25, -0.2) is 4.98 Å². The van der Waals surface area contributed by atoms with E-state index < -0.39 is 0 Å². The molecule has 2 N–H and O–H groups in total. The number of nitrogens with zero attached hydrogens (tertiary/aromatic N) is 1. The van der Waals surface area contributed by atoms with Crippen molar-refractivity contribution < 1.29 is 9.47 Å². The number of pyridine rings is 1. The maximum atomic E-state index is 5.88. The van der Waals surface area contributed by atoms with Crippen molar-refractivity contribution in [3.05, 3.63) is 17.3 Å². The molecule has 1 aromatic rings. The average molecular weight is 245 g/mol. The van der Waals surface area contributed by atoms with Crippen LogP contribution in [0.2, 0.25) is 5.02 Å². The Morgan fingerprint density at radius 2 is 2.19 bits per heavy atom. The predicted molar refractivity (Wildman–Crippen MR) is 64.8 cm³/mol. The van der Waals surface area contributed by atoms with E-state index in [0.29, 0.717) is 35.7 Å². The van der Waals surface area contributed by atoms with Crippen LogP contribution in [0.5, 0.6) is 5.88 Å².